The van der Waals surface area contributed by atoms with E-state index >= 15 is 0 Å². The summed E-state index contributed by atoms with van der Waals surface area (Å²) in [4.78, 5) is 26.5. The number of para-hydroxylation sites is 1. The summed E-state index contributed by atoms with van der Waals surface area (Å²) in [5, 5.41) is 0. The molecular weight excluding hydrogens is 439 g/mol. The van der Waals surface area contributed by atoms with Crippen LogP contribution in [0.4, 0.5) is 10.1 Å². The quantitative estimate of drug-likeness (QED) is 0.631. The van der Waals surface area contributed by atoms with E-state index in [4.69, 9.17) is 9.47 Å². The van der Waals surface area contributed by atoms with Crippen LogP contribution in [0.25, 0.3) is 0 Å². The van der Waals surface area contributed by atoms with Crippen LogP contribution in [0.5, 0.6) is 0 Å². The Morgan fingerprint density at radius 1 is 1.06 bits per heavy atom. The summed E-state index contributed by atoms with van der Waals surface area (Å²) < 4.78 is 51.3. The first-order valence-corrected chi connectivity index (χ1v) is 11.7. The minimum absolute atomic E-state index is 0.172. The van der Waals surface area contributed by atoms with E-state index in [1.807, 2.05) is 24.3 Å². The second-order valence-corrected chi connectivity index (χ2v) is 9.45. The van der Waals surface area contributed by atoms with Gasteiger partial charge in [0.2, 0.25) is 10.0 Å². The van der Waals surface area contributed by atoms with E-state index < -0.39 is 39.9 Å². The molecule has 2 aromatic carbocycles. The van der Waals surface area contributed by atoms with Gasteiger partial charge in [-0.1, -0.05) is 18.2 Å². The van der Waals surface area contributed by atoms with Gasteiger partial charge in [0.1, 0.15) is 5.82 Å². The van der Waals surface area contributed by atoms with Crippen LogP contribution in [-0.2, 0) is 30.7 Å². The fraction of sp³-hybridized carbons (Fsp3) is 0.364. The van der Waals surface area contributed by atoms with Crippen LogP contribution in [0, 0.1) is 5.82 Å². The Morgan fingerprint density at radius 2 is 1.81 bits per heavy atom. The Bertz CT molecular complexity index is 1130. The molecule has 1 saturated heterocycles. The lowest BCUT2D eigenvalue weighted by Gasteiger charge is -2.29. The third kappa shape index (κ3) is 4.52. The Kier molecular flexibility index (Phi) is 6.54. The van der Waals surface area contributed by atoms with Crippen molar-refractivity contribution in [2.75, 3.05) is 44.4 Å². The molecule has 0 spiro atoms. The number of ether oxygens (including phenoxy) is 2. The number of carbonyl (C=O) groups excluding carboxylic acids is 2. The molecule has 10 heteroatoms. The number of esters is 1. The molecule has 2 heterocycles. The maximum atomic E-state index is 14.3. The van der Waals surface area contributed by atoms with Crippen molar-refractivity contribution in [2.45, 2.75) is 17.7 Å². The van der Waals surface area contributed by atoms with Gasteiger partial charge in [0, 0.05) is 25.3 Å². The summed E-state index contributed by atoms with van der Waals surface area (Å²) in [6.45, 7) is 0.785. The molecule has 0 N–H and O–H groups in total. The minimum Gasteiger partial charge on any atom is -0.452 e. The van der Waals surface area contributed by atoms with Crippen molar-refractivity contribution in [3.8, 4) is 0 Å². The molecule has 0 radical (unpaired) electrons. The van der Waals surface area contributed by atoms with Gasteiger partial charge >= 0.3 is 5.97 Å². The molecule has 0 aliphatic carbocycles. The zero-order valence-corrected chi connectivity index (χ0v) is 18.1. The van der Waals surface area contributed by atoms with E-state index in [1.54, 1.807) is 4.90 Å². The summed E-state index contributed by atoms with van der Waals surface area (Å²) in [5.41, 5.74) is 1.27. The van der Waals surface area contributed by atoms with Gasteiger partial charge in [-0.05, 0) is 42.7 Å². The highest BCUT2D eigenvalue weighted by atomic mass is 32.2. The molecule has 170 valence electrons. The van der Waals surface area contributed by atoms with E-state index in [0.29, 0.717) is 6.54 Å². The maximum Gasteiger partial charge on any atom is 0.341 e. The van der Waals surface area contributed by atoms with Crippen LogP contribution < -0.4 is 4.90 Å². The van der Waals surface area contributed by atoms with Crippen molar-refractivity contribution in [1.82, 2.24) is 4.31 Å². The number of morpholine rings is 1. The molecule has 2 aliphatic rings. The van der Waals surface area contributed by atoms with Crippen molar-refractivity contribution in [1.29, 1.82) is 0 Å². The van der Waals surface area contributed by atoms with Gasteiger partial charge < -0.3 is 14.4 Å². The Hall–Kier alpha value is -2.82. The molecule has 1 fully saturated rings. The fourth-order valence-corrected chi connectivity index (χ4v) is 5.27. The largest absolute Gasteiger partial charge is 0.452 e. The van der Waals surface area contributed by atoms with E-state index in [9.17, 15) is 22.4 Å². The molecule has 0 atom stereocenters. The first-order chi connectivity index (χ1) is 15.4. The van der Waals surface area contributed by atoms with Crippen molar-refractivity contribution in [3.63, 3.8) is 0 Å². The predicted octanol–water partition coefficient (Wildman–Crippen LogP) is 1.98. The number of nitrogens with zero attached hydrogens (tertiary/aromatic N) is 2. The van der Waals surface area contributed by atoms with Gasteiger partial charge in [-0.2, -0.15) is 4.31 Å². The molecule has 0 unspecified atom stereocenters. The number of carbonyl (C=O) groups is 2. The molecule has 8 nitrogen and oxygen atoms in total. The normalized spacial score (nSPS) is 17.0. The van der Waals surface area contributed by atoms with Crippen molar-refractivity contribution in [2.24, 2.45) is 0 Å². The van der Waals surface area contributed by atoms with Gasteiger partial charge in [0.05, 0.1) is 23.7 Å². The lowest BCUT2D eigenvalue weighted by Crippen LogP contribution is -2.40. The SMILES string of the molecule is O=C(OCC(=O)N1CCCc2ccccc21)c1cc(S(=O)(=O)N2CCOCC2)ccc1F. The third-order valence-electron chi connectivity index (χ3n) is 5.50. The Morgan fingerprint density at radius 3 is 2.59 bits per heavy atom. The zero-order chi connectivity index (χ0) is 22.7. The second-order valence-electron chi connectivity index (χ2n) is 7.51. The number of hydrogen-bond acceptors (Lipinski definition) is 6. The number of rotatable bonds is 5. The van der Waals surface area contributed by atoms with E-state index in [0.717, 1.165) is 42.3 Å². The third-order valence-corrected chi connectivity index (χ3v) is 7.40. The van der Waals surface area contributed by atoms with Crippen LogP contribution in [-0.4, -0.2) is 64.1 Å². The molecule has 2 aromatic rings. The van der Waals surface area contributed by atoms with Crippen LogP contribution >= 0.6 is 0 Å². The van der Waals surface area contributed by atoms with Crippen LogP contribution in [0.15, 0.2) is 47.4 Å². The minimum atomic E-state index is -3.91. The number of amides is 1. The van der Waals surface area contributed by atoms with Gasteiger partial charge in [-0.3, -0.25) is 4.79 Å². The van der Waals surface area contributed by atoms with Gasteiger partial charge in [-0.25, -0.2) is 17.6 Å². The van der Waals surface area contributed by atoms with Crippen LogP contribution in [0.3, 0.4) is 0 Å². The first kappa shape index (κ1) is 22.4. The summed E-state index contributed by atoms with van der Waals surface area (Å²) in [6, 6.07) is 10.5. The Balaban J connectivity index is 1.47. The van der Waals surface area contributed by atoms with Gasteiger partial charge in [0.25, 0.3) is 5.91 Å². The maximum absolute atomic E-state index is 14.3. The van der Waals surface area contributed by atoms with E-state index in [-0.39, 0.29) is 31.2 Å². The highest BCUT2D eigenvalue weighted by Gasteiger charge is 2.29. The summed E-state index contributed by atoms with van der Waals surface area (Å²) in [7, 11) is -3.91. The molecule has 0 saturated carbocycles. The molecule has 4 rings (SSSR count). The second kappa shape index (κ2) is 9.35. The number of aryl methyl sites for hydroxylation is 1. The van der Waals surface area contributed by atoms with Gasteiger partial charge in [-0.15, -0.1) is 0 Å². The summed E-state index contributed by atoms with van der Waals surface area (Å²) >= 11 is 0. The topological polar surface area (TPSA) is 93.2 Å². The predicted molar refractivity (Wildman–Crippen MR) is 113 cm³/mol. The molecule has 1 amide bonds. The highest BCUT2D eigenvalue weighted by Crippen LogP contribution is 2.27. The van der Waals surface area contributed by atoms with Crippen molar-refractivity contribution >= 4 is 27.6 Å². The van der Waals surface area contributed by atoms with Crippen molar-refractivity contribution < 1.29 is 31.9 Å². The Labute approximate surface area is 185 Å². The van der Waals surface area contributed by atoms with Crippen LogP contribution in [0.2, 0.25) is 0 Å². The average molecular weight is 462 g/mol. The standard InChI is InChI=1S/C22H23FN2O6S/c23-19-8-7-17(32(28,29)24-10-12-30-13-11-24)14-18(19)22(27)31-15-21(26)25-9-3-5-16-4-1-2-6-20(16)25/h1-2,4,6-8,14H,3,5,9-13,15H2. The smallest absolute Gasteiger partial charge is 0.341 e. The van der Waals surface area contributed by atoms with E-state index in [2.05, 4.69) is 0 Å². The number of benzene rings is 2. The zero-order valence-electron chi connectivity index (χ0n) is 17.3. The highest BCUT2D eigenvalue weighted by molar-refractivity contribution is 7.89. The molecule has 0 bridgehead atoms. The molecule has 0 aromatic heterocycles. The van der Waals surface area contributed by atoms with E-state index in [1.165, 1.54) is 4.31 Å². The lowest BCUT2D eigenvalue weighted by atomic mass is 10.0. The number of halogens is 1. The first-order valence-electron chi connectivity index (χ1n) is 10.3. The number of sulfonamides is 1. The fourth-order valence-electron chi connectivity index (χ4n) is 3.83. The molecular formula is C22H23FN2O6S. The lowest BCUT2D eigenvalue weighted by molar-refractivity contribution is -0.121. The number of hydrogen-bond donors (Lipinski definition) is 0. The monoisotopic (exact) mass is 462 g/mol. The molecule has 2 aliphatic heterocycles. The molecule has 32 heavy (non-hydrogen) atoms. The number of anilines is 1. The average Bonchev–Trinajstić information content (AvgIpc) is 2.82. The van der Waals surface area contributed by atoms with Crippen molar-refractivity contribution in [3.05, 3.63) is 59.4 Å². The summed E-state index contributed by atoms with van der Waals surface area (Å²) in [6.07, 6.45) is 1.64. The van der Waals surface area contributed by atoms with Gasteiger partial charge in [0.15, 0.2) is 6.61 Å². The van der Waals surface area contributed by atoms with Crippen LogP contribution in [0.1, 0.15) is 22.3 Å². The summed E-state index contributed by atoms with van der Waals surface area (Å²) in [5.74, 6) is -2.45. The number of fused-ring (bicyclic) bond motifs is 1.